The van der Waals surface area contributed by atoms with E-state index in [1.807, 2.05) is 36.4 Å². The number of para-hydroxylation sites is 1. The Morgan fingerprint density at radius 1 is 1.00 bits per heavy atom. The molecule has 1 aliphatic rings. The Morgan fingerprint density at radius 2 is 1.73 bits per heavy atom. The zero-order valence-electron chi connectivity index (χ0n) is 19.1. The van der Waals surface area contributed by atoms with Crippen molar-refractivity contribution in [2.45, 2.75) is 44.8 Å². The first-order chi connectivity index (χ1) is 16.0. The van der Waals surface area contributed by atoms with E-state index in [0.29, 0.717) is 33.7 Å². The first kappa shape index (κ1) is 22.6. The molecule has 33 heavy (non-hydrogen) atoms. The number of nitrogens with zero attached hydrogens (tertiary/aromatic N) is 1. The molecule has 0 radical (unpaired) electrons. The third-order valence-electron chi connectivity index (χ3n) is 5.97. The van der Waals surface area contributed by atoms with Gasteiger partial charge in [-0.1, -0.05) is 31.0 Å². The van der Waals surface area contributed by atoms with Gasteiger partial charge in [-0.05, 0) is 50.1 Å². The van der Waals surface area contributed by atoms with Gasteiger partial charge in [0.2, 0.25) is 0 Å². The van der Waals surface area contributed by atoms with Crippen LogP contribution in [0.3, 0.4) is 0 Å². The van der Waals surface area contributed by atoms with E-state index in [4.69, 9.17) is 19.2 Å². The van der Waals surface area contributed by atoms with Crippen molar-refractivity contribution < 1.29 is 23.8 Å². The van der Waals surface area contributed by atoms with E-state index >= 15 is 0 Å². The number of esters is 1. The number of rotatable bonds is 7. The molecule has 172 valence electrons. The van der Waals surface area contributed by atoms with Gasteiger partial charge in [-0.25, -0.2) is 9.78 Å². The highest BCUT2D eigenvalue weighted by Gasteiger charge is 2.25. The number of carbonyl (C=O) groups is 2. The molecule has 1 aliphatic carbocycles. The standard InChI is InChI=1S/C26H28N2O5/c1-16(25(29)27-18-8-4-5-9-18)33-26(30)20-15-22(28-21-11-7-6-10-19(20)21)17-12-13-23(31-2)24(14-17)32-3/h6-7,10-16,18H,4-5,8-9H2,1-3H3,(H,27,29). The van der Waals surface area contributed by atoms with Gasteiger partial charge in [0.05, 0.1) is 31.0 Å². The number of hydrogen-bond acceptors (Lipinski definition) is 6. The average Bonchev–Trinajstić information content (AvgIpc) is 3.35. The molecule has 1 N–H and O–H groups in total. The van der Waals surface area contributed by atoms with Crippen LogP contribution in [0.25, 0.3) is 22.2 Å². The van der Waals surface area contributed by atoms with Crippen molar-refractivity contribution in [3.8, 4) is 22.8 Å². The Kier molecular flexibility index (Phi) is 6.77. The average molecular weight is 449 g/mol. The van der Waals surface area contributed by atoms with Gasteiger partial charge in [-0.3, -0.25) is 4.79 Å². The minimum atomic E-state index is -0.894. The second-order valence-electron chi connectivity index (χ2n) is 8.18. The van der Waals surface area contributed by atoms with Crippen LogP contribution in [0.2, 0.25) is 0 Å². The van der Waals surface area contributed by atoms with Gasteiger partial charge < -0.3 is 19.5 Å². The van der Waals surface area contributed by atoms with Crippen LogP contribution in [0.5, 0.6) is 11.5 Å². The Bertz CT molecular complexity index is 1170. The molecule has 0 spiro atoms. The molecule has 1 heterocycles. The summed E-state index contributed by atoms with van der Waals surface area (Å²) < 4.78 is 16.3. The number of hydrogen-bond donors (Lipinski definition) is 1. The lowest BCUT2D eigenvalue weighted by Gasteiger charge is -2.18. The van der Waals surface area contributed by atoms with Gasteiger partial charge in [0.25, 0.3) is 5.91 Å². The van der Waals surface area contributed by atoms with Crippen LogP contribution in [-0.2, 0) is 9.53 Å². The third-order valence-corrected chi connectivity index (χ3v) is 5.97. The van der Waals surface area contributed by atoms with Gasteiger partial charge in [-0.2, -0.15) is 0 Å². The van der Waals surface area contributed by atoms with Crippen molar-refractivity contribution in [1.82, 2.24) is 10.3 Å². The molecular weight excluding hydrogens is 420 g/mol. The summed E-state index contributed by atoms with van der Waals surface area (Å²) in [5.41, 5.74) is 2.36. The lowest BCUT2D eigenvalue weighted by Crippen LogP contribution is -2.40. The number of pyridine rings is 1. The normalized spacial score (nSPS) is 14.6. The summed E-state index contributed by atoms with van der Waals surface area (Å²) in [4.78, 5) is 30.4. The molecule has 1 aromatic heterocycles. The van der Waals surface area contributed by atoms with Crippen LogP contribution < -0.4 is 14.8 Å². The van der Waals surface area contributed by atoms with Crippen molar-refractivity contribution in [1.29, 1.82) is 0 Å². The fourth-order valence-electron chi connectivity index (χ4n) is 4.15. The summed E-state index contributed by atoms with van der Waals surface area (Å²) in [7, 11) is 3.14. The van der Waals surface area contributed by atoms with E-state index in [9.17, 15) is 9.59 Å². The summed E-state index contributed by atoms with van der Waals surface area (Å²) in [6.07, 6.45) is 3.27. The molecule has 0 aliphatic heterocycles. The Morgan fingerprint density at radius 3 is 2.45 bits per heavy atom. The molecule has 2 aromatic carbocycles. The molecule has 7 heteroatoms. The molecular formula is C26H28N2O5. The van der Waals surface area contributed by atoms with E-state index in [0.717, 1.165) is 31.2 Å². The smallest absolute Gasteiger partial charge is 0.339 e. The van der Waals surface area contributed by atoms with Crippen LogP contribution >= 0.6 is 0 Å². The molecule has 1 amide bonds. The molecule has 1 fully saturated rings. The van der Waals surface area contributed by atoms with Gasteiger partial charge in [0.15, 0.2) is 17.6 Å². The highest BCUT2D eigenvalue weighted by molar-refractivity contribution is 6.05. The topological polar surface area (TPSA) is 86.8 Å². The summed E-state index contributed by atoms with van der Waals surface area (Å²) in [6, 6.07) is 14.7. The minimum Gasteiger partial charge on any atom is -0.493 e. The molecule has 1 atom stereocenters. The van der Waals surface area contributed by atoms with Crippen molar-refractivity contribution in [2.75, 3.05) is 14.2 Å². The summed E-state index contributed by atoms with van der Waals surface area (Å²) in [5, 5.41) is 3.64. The highest BCUT2D eigenvalue weighted by Crippen LogP contribution is 2.33. The first-order valence-corrected chi connectivity index (χ1v) is 11.1. The highest BCUT2D eigenvalue weighted by atomic mass is 16.5. The number of nitrogens with one attached hydrogen (secondary N) is 1. The number of benzene rings is 2. The predicted molar refractivity (Wildman–Crippen MR) is 126 cm³/mol. The number of fused-ring (bicyclic) bond motifs is 1. The molecule has 0 saturated heterocycles. The lowest BCUT2D eigenvalue weighted by atomic mass is 10.0. The molecule has 3 aromatic rings. The van der Waals surface area contributed by atoms with Crippen LogP contribution in [0.4, 0.5) is 0 Å². The Balaban J connectivity index is 1.64. The molecule has 7 nitrogen and oxygen atoms in total. The maximum Gasteiger partial charge on any atom is 0.339 e. The van der Waals surface area contributed by atoms with Crippen LogP contribution in [-0.4, -0.2) is 43.2 Å². The fourth-order valence-corrected chi connectivity index (χ4v) is 4.15. The number of aromatic nitrogens is 1. The summed E-state index contributed by atoms with van der Waals surface area (Å²) in [6.45, 7) is 1.60. The Hall–Kier alpha value is -3.61. The van der Waals surface area contributed by atoms with E-state index < -0.39 is 12.1 Å². The van der Waals surface area contributed by atoms with Crippen molar-refractivity contribution in [3.05, 3.63) is 54.1 Å². The van der Waals surface area contributed by atoms with Gasteiger partial charge in [0.1, 0.15) is 0 Å². The second-order valence-corrected chi connectivity index (χ2v) is 8.18. The largest absolute Gasteiger partial charge is 0.493 e. The maximum atomic E-state index is 13.1. The summed E-state index contributed by atoms with van der Waals surface area (Å²) in [5.74, 6) is 0.327. The van der Waals surface area contributed by atoms with Crippen molar-refractivity contribution in [2.24, 2.45) is 0 Å². The van der Waals surface area contributed by atoms with E-state index in [1.54, 1.807) is 33.3 Å². The zero-order chi connectivity index (χ0) is 23.4. The molecule has 1 saturated carbocycles. The van der Waals surface area contributed by atoms with E-state index in [1.165, 1.54) is 0 Å². The van der Waals surface area contributed by atoms with Crippen LogP contribution in [0.1, 0.15) is 43.0 Å². The third kappa shape index (κ3) is 4.92. The zero-order valence-corrected chi connectivity index (χ0v) is 19.1. The lowest BCUT2D eigenvalue weighted by molar-refractivity contribution is -0.129. The molecule has 1 unspecified atom stereocenters. The fraction of sp³-hybridized carbons (Fsp3) is 0.346. The van der Waals surface area contributed by atoms with E-state index in [-0.39, 0.29) is 11.9 Å². The number of methoxy groups -OCH3 is 2. The van der Waals surface area contributed by atoms with Gasteiger partial charge >= 0.3 is 5.97 Å². The van der Waals surface area contributed by atoms with Crippen molar-refractivity contribution in [3.63, 3.8) is 0 Å². The predicted octanol–water partition coefficient (Wildman–Crippen LogP) is 4.52. The van der Waals surface area contributed by atoms with Crippen LogP contribution in [0.15, 0.2) is 48.5 Å². The SMILES string of the molecule is COc1ccc(-c2cc(C(=O)OC(C)C(=O)NC3CCCC3)c3ccccc3n2)cc1OC. The number of amides is 1. The van der Waals surface area contributed by atoms with Gasteiger partial charge in [-0.15, -0.1) is 0 Å². The van der Waals surface area contributed by atoms with E-state index in [2.05, 4.69) is 5.32 Å². The van der Waals surface area contributed by atoms with Crippen molar-refractivity contribution >= 4 is 22.8 Å². The minimum absolute atomic E-state index is 0.164. The Labute approximate surface area is 193 Å². The maximum absolute atomic E-state index is 13.1. The first-order valence-electron chi connectivity index (χ1n) is 11.1. The number of ether oxygens (including phenoxy) is 3. The molecule has 4 rings (SSSR count). The van der Waals surface area contributed by atoms with Gasteiger partial charge in [0, 0.05) is 17.0 Å². The monoisotopic (exact) mass is 448 g/mol. The second kappa shape index (κ2) is 9.90. The number of carbonyl (C=O) groups excluding carboxylic acids is 2. The van der Waals surface area contributed by atoms with Crippen LogP contribution in [0, 0.1) is 0 Å². The summed E-state index contributed by atoms with van der Waals surface area (Å²) >= 11 is 0. The molecule has 0 bridgehead atoms. The quantitative estimate of drug-likeness (QED) is 0.535.